The van der Waals surface area contributed by atoms with Crippen LogP contribution in [0.2, 0.25) is 0 Å². The molecular weight excluding hydrogens is 250 g/mol. The molecule has 1 N–H and O–H groups in total. The van der Waals surface area contributed by atoms with Crippen LogP contribution in [-0.4, -0.2) is 36.5 Å². The number of rotatable bonds is 3. The minimum absolute atomic E-state index is 0.300. The van der Waals surface area contributed by atoms with Gasteiger partial charge in [-0.25, -0.2) is 8.42 Å². The molecule has 1 heterocycles. The maximum atomic E-state index is 12.3. The summed E-state index contributed by atoms with van der Waals surface area (Å²) < 4.78 is 26.0. The lowest BCUT2D eigenvalue weighted by atomic mass is 9.93. The summed E-state index contributed by atoms with van der Waals surface area (Å²) in [5.74, 6) is 0. The lowest BCUT2D eigenvalue weighted by Gasteiger charge is -2.35. The summed E-state index contributed by atoms with van der Waals surface area (Å²) in [6.07, 6.45) is 2.28. The van der Waals surface area contributed by atoms with E-state index in [4.69, 9.17) is 0 Å². The fourth-order valence-electron chi connectivity index (χ4n) is 2.06. The highest BCUT2D eigenvalue weighted by Gasteiger charge is 2.34. The third kappa shape index (κ3) is 2.48. The Morgan fingerprint density at radius 3 is 2.28 bits per heavy atom. The van der Waals surface area contributed by atoms with Crippen LogP contribution in [0, 0.1) is 0 Å². The highest BCUT2D eigenvalue weighted by Crippen LogP contribution is 2.27. The molecule has 1 saturated heterocycles. The van der Waals surface area contributed by atoms with E-state index in [1.54, 1.807) is 30.3 Å². The normalized spacial score (nSPS) is 20.5. The second-order valence-electron chi connectivity index (χ2n) is 4.52. The van der Waals surface area contributed by atoms with Crippen LogP contribution in [0.4, 0.5) is 0 Å². The second-order valence-corrected chi connectivity index (χ2v) is 6.46. The molecule has 0 amide bonds. The van der Waals surface area contributed by atoms with Gasteiger partial charge in [0.1, 0.15) is 0 Å². The standard InChI is InChI=1S/C13H17NO3S/c1-2-13(15)8-10-14(11-9-13)18(16,17)12-6-4-3-5-7-12/h2-7,15H,1,8-11H2. The third-order valence-electron chi connectivity index (χ3n) is 3.35. The van der Waals surface area contributed by atoms with Gasteiger partial charge >= 0.3 is 0 Å². The van der Waals surface area contributed by atoms with Crippen LogP contribution in [0.25, 0.3) is 0 Å². The van der Waals surface area contributed by atoms with Gasteiger partial charge in [-0.05, 0) is 25.0 Å². The molecule has 18 heavy (non-hydrogen) atoms. The first-order chi connectivity index (χ1) is 8.48. The molecular formula is C13H17NO3S. The molecule has 98 valence electrons. The van der Waals surface area contributed by atoms with Crippen molar-refractivity contribution in [2.24, 2.45) is 0 Å². The maximum absolute atomic E-state index is 12.3. The zero-order valence-electron chi connectivity index (χ0n) is 10.1. The van der Waals surface area contributed by atoms with Crippen molar-refractivity contribution in [3.63, 3.8) is 0 Å². The van der Waals surface area contributed by atoms with Crippen molar-refractivity contribution in [2.45, 2.75) is 23.3 Å². The van der Waals surface area contributed by atoms with Crippen LogP contribution >= 0.6 is 0 Å². The molecule has 0 atom stereocenters. The van der Waals surface area contributed by atoms with Gasteiger partial charge in [0.2, 0.25) is 10.0 Å². The fraction of sp³-hybridized carbons (Fsp3) is 0.385. The van der Waals surface area contributed by atoms with Crippen LogP contribution in [0.15, 0.2) is 47.9 Å². The van der Waals surface area contributed by atoms with Gasteiger partial charge in [0, 0.05) is 13.1 Å². The van der Waals surface area contributed by atoms with Gasteiger partial charge in [0.05, 0.1) is 10.5 Å². The Hall–Kier alpha value is -1.17. The zero-order valence-corrected chi connectivity index (χ0v) is 10.9. The molecule has 5 heteroatoms. The number of sulfonamides is 1. The van der Waals surface area contributed by atoms with Crippen LogP contribution < -0.4 is 0 Å². The molecule has 0 bridgehead atoms. The molecule has 4 nitrogen and oxygen atoms in total. The Kier molecular flexibility index (Phi) is 3.56. The average Bonchev–Trinajstić information content (AvgIpc) is 2.40. The van der Waals surface area contributed by atoms with E-state index < -0.39 is 15.6 Å². The summed E-state index contributed by atoms with van der Waals surface area (Å²) in [5, 5.41) is 9.99. The zero-order chi connectivity index (χ0) is 13.2. The maximum Gasteiger partial charge on any atom is 0.243 e. The number of hydrogen-bond acceptors (Lipinski definition) is 3. The van der Waals surface area contributed by atoms with Crippen molar-refractivity contribution < 1.29 is 13.5 Å². The molecule has 0 radical (unpaired) electrons. The molecule has 1 aliphatic rings. The number of piperidine rings is 1. The fourth-order valence-corrected chi connectivity index (χ4v) is 3.52. The van der Waals surface area contributed by atoms with Crippen LogP contribution in [-0.2, 0) is 10.0 Å². The highest BCUT2D eigenvalue weighted by molar-refractivity contribution is 7.89. The van der Waals surface area contributed by atoms with Gasteiger partial charge in [-0.1, -0.05) is 24.3 Å². The highest BCUT2D eigenvalue weighted by atomic mass is 32.2. The Labute approximate surface area is 108 Å². The molecule has 2 rings (SSSR count). The van der Waals surface area contributed by atoms with E-state index in [1.807, 2.05) is 0 Å². The van der Waals surface area contributed by atoms with Crippen molar-refractivity contribution in [2.75, 3.05) is 13.1 Å². The monoisotopic (exact) mass is 267 g/mol. The topological polar surface area (TPSA) is 57.6 Å². The van der Waals surface area contributed by atoms with E-state index in [9.17, 15) is 13.5 Å². The Morgan fingerprint density at radius 2 is 1.78 bits per heavy atom. The predicted molar refractivity (Wildman–Crippen MR) is 69.6 cm³/mol. The van der Waals surface area contributed by atoms with Gasteiger partial charge in [-0.3, -0.25) is 0 Å². The first-order valence-corrected chi connectivity index (χ1v) is 7.33. The first kappa shape index (κ1) is 13.3. The smallest absolute Gasteiger partial charge is 0.243 e. The third-order valence-corrected chi connectivity index (χ3v) is 5.26. The summed E-state index contributed by atoms with van der Waals surface area (Å²) in [4.78, 5) is 0.300. The van der Waals surface area contributed by atoms with Gasteiger partial charge in [0.25, 0.3) is 0 Å². The van der Waals surface area contributed by atoms with Crippen molar-refractivity contribution in [1.29, 1.82) is 0 Å². The molecule has 1 fully saturated rings. The molecule has 0 saturated carbocycles. The van der Waals surface area contributed by atoms with E-state index in [0.717, 1.165) is 0 Å². The molecule has 1 aromatic carbocycles. The SMILES string of the molecule is C=CC1(O)CCN(S(=O)(=O)c2ccccc2)CC1. The van der Waals surface area contributed by atoms with E-state index in [2.05, 4.69) is 6.58 Å². The van der Waals surface area contributed by atoms with Crippen molar-refractivity contribution in [3.8, 4) is 0 Å². The Bertz CT molecular complexity index is 516. The minimum atomic E-state index is -3.43. The van der Waals surface area contributed by atoms with Crippen molar-refractivity contribution in [3.05, 3.63) is 43.0 Å². The van der Waals surface area contributed by atoms with Crippen LogP contribution in [0.5, 0.6) is 0 Å². The average molecular weight is 267 g/mol. The van der Waals surface area contributed by atoms with Crippen molar-refractivity contribution >= 4 is 10.0 Å². The number of nitrogens with zero attached hydrogens (tertiary/aromatic N) is 1. The molecule has 0 spiro atoms. The summed E-state index contributed by atoms with van der Waals surface area (Å²) in [6, 6.07) is 8.37. The lowest BCUT2D eigenvalue weighted by Crippen LogP contribution is -2.45. The second kappa shape index (κ2) is 4.84. The van der Waals surface area contributed by atoms with Crippen LogP contribution in [0.3, 0.4) is 0 Å². The van der Waals surface area contributed by atoms with Gasteiger partial charge in [-0.15, -0.1) is 6.58 Å². The van der Waals surface area contributed by atoms with Crippen LogP contribution in [0.1, 0.15) is 12.8 Å². The van der Waals surface area contributed by atoms with Crippen molar-refractivity contribution in [1.82, 2.24) is 4.31 Å². The molecule has 0 unspecified atom stereocenters. The van der Waals surface area contributed by atoms with Gasteiger partial charge < -0.3 is 5.11 Å². The summed E-state index contributed by atoms with van der Waals surface area (Å²) in [5.41, 5.74) is -0.928. The summed E-state index contributed by atoms with van der Waals surface area (Å²) in [6.45, 7) is 4.22. The van der Waals surface area contributed by atoms with E-state index in [-0.39, 0.29) is 0 Å². The van der Waals surface area contributed by atoms with E-state index in [1.165, 1.54) is 10.4 Å². The molecule has 1 aliphatic heterocycles. The molecule has 0 aliphatic carbocycles. The van der Waals surface area contributed by atoms with E-state index >= 15 is 0 Å². The summed E-state index contributed by atoms with van der Waals surface area (Å²) in [7, 11) is -3.43. The van der Waals surface area contributed by atoms with E-state index in [0.29, 0.717) is 30.8 Å². The lowest BCUT2D eigenvalue weighted by molar-refractivity contribution is 0.0400. The van der Waals surface area contributed by atoms with Gasteiger partial charge in [-0.2, -0.15) is 4.31 Å². The summed E-state index contributed by atoms with van der Waals surface area (Å²) >= 11 is 0. The van der Waals surface area contributed by atoms with Gasteiger partial charge in [0.15, 0.2) is 0 Å². The number of hydrogen-bond donors (Lipinski definition) is 1. The molecule has 0 aromatic heterocycles. The first-order valence-electron chi connectivity index (χ1n) is 5.89. The largest absolute Gasteiger partial charge is 0.386 e. The molecule has 1 aromatic rings. The number of benzene rings is 1. The Balaban J connectivity index is 2.17. The quantitative estimate of drug-likeness (QED) is 0.842. The number of aliphatic hydroxyl groups is 1. The predicted octanol–water partition coefficient (Wildman–Crippen LogP) is 1.39. The minimum Gasteiger partial charge on any atom is -0.386 e. The Morgan fingerprint density at radius 1 is 1.22 bits per heavy atom.